The van der Waals surface area contributed by atoms with Crippen molar-refractivity contribution in [2.45, 2.75) is 34.6 Å². The van der Waals surface area contributed by atoms with E-state index in [4.69, 9.17) is 6.64 Å². The van der Waals surface area contributed by atoms with E-state index in [0.29, 0.717) is 22.6 Å². The second-order valence-corrected chi connectivity index (χ2v) is 12.7. The van der Waals surface area contributed by atoms with Crippen LogP contribution in [0.4, 0.5) is 8.78 Å². The third-order valence-corrected chi connectivity index (χ3v) is 11.2. The van der Waals surface area contributed by atoms with Crippen molar-refractivity contribution in [3.05, 3.63) is 129 Å². The molecule has 0 unspecified atom stereocenters. The largest absolute Gasteiger partial charge is 1.00 e. The van der Waals surface area contributed by atoms with Crippen LogP contribution < -0.4 is 19.0 Å². The molecule has 0 atom stereocenters. The molecule has 0 N–H and O–H groups in total. The van der Waals surface area contributed by atoms with Crippen molar-refractivity contribution >= 4 is 0 Å². The fourth-order valence-electron chi connectivity index (χ4n) is 5.19. The van der Waals surface area contributed by atoms with Crippen LogP contribution >= 0.6 is 0 Å². The summed E-state index contributed by atoms with van der Waals surface area (Å²) in [6.07, 6.45) is 0. The van der Waals surface area contributed by atoms with E-state index in [1.54, 1.807) is 12.1 Å². The number of rotatable bonds is 7. The van der Waals surface area contributed by atoms with Gasteiger partial charge in [-0.1, -0.05) is 0 Å². The van der Waals surface area contributed by atoms with Crippen LogP contribution in [-0.2, 0) is 18.6 Å². The van der Waals surface area contributed by atoms with Crippen molar-refractivity contribution in [2.24, 2.45) is 5.41 Å². The molecule has 0 saturated carbocycles. The third-order valence-electron chi connectivity index (χ3n) is 7.72. The number of halogens is 3. The zero-order chi connectivity index (χ0) is 27.7. The molecule has 0 amide bonds. The SMILES string of the molecule is CC1=C(C)C(C)(C)[C]([Ti+]([O]c2ccc(F)cc2-c2ccccc2)[O]c2ccc(F)cc2-c2ccccc2)=C1C.[Cl-]. The van der Waals surface area contributed by atoms with Crippen molar-refractivity contribution in [1.29, 1.82) is 0 Å². The molecule has 0 radical (unpaired) electrons. The molecule has 0 bridgehead atoms. The molecule has 1 aliphatic carbocycles. The van der Waals surface area contributed by atoms with Gasteiger partial charge in [0.2, 0.25) is 0 Å². The van der Waals surface area contributed by atoms with Crippen LogP contribution in [0.2, 0.25) is 0 Å². The Morgan fingerprint density at radius 3 is 1.40 bits per heavy atom. The second kappa shape index (κ2) is 12.1. The third kappa shape index (κ3) is 5.81. The van der Waals surface area contributed by atoms with Gasteiger partial charge in [-0.2, -0.15) is 0 Å². The van der Waals surface area contributed by atoms with Crippen LogP contribution in [0.25, 0.3) is 22.3 Å². The molecule has 40 heavy (non-hydrogen) atoms. The van der Waals surface area contributed by atoms with Gasteiger partial charge in [0.25, 0.3) is 0 Å². The maximum Gasteiger partial charge on any atom is -1.00 e. The summed E-state index contributed by atoms with van der Waals surface area (Å²) >= 11 is -3.12. The van der Waals surface area contributed by atoms with Gasteiger partial charge in [0.05, 0.1) is 0 Å². The van der Waals surface area contributed by atoms with Gasteiger partial charge in [-0.05, 0) is 0 Å². The summed E-state index contributed by atoms with van der Waals surface area (Å²) in [4.78, 5) is 0. The average Bonchev–Trinajstić information content (AvgIpc) is 3.09. The number of allylic oxidation sites excluding steroid dienone is 4. The fraction of sp³-hybridized carbons (Fsp3) is 0.176. The minimum absolute atomic E-state index is 0. The van der Waals surface area contributed by atoms with Gasteiger partial charge in [-0.15, -0.1) is 0 Å². The van der Waals surface area contributed by atoms with E-state index >= 15 is 0 Å². The fourth-order valence-corrected chi connectivity index (χ4v) is 8.62. The molecule has 1 aliphatic rings. The summed E-state index contributed by atoms with van der Waals surface area (Å²) in [6, 6.07) is 28.5. The normalized spacial score (nSPS) is 14.2. The number of benzene rings is 4. The Morgan fingerprint density at radius 2 is 1.02 bits per heavy atom. The molecule has 5 rings (SSSR count). The first kappa shape index (κ1) is 29.8. The Bertz CT molecular complexity index is 1490. The Morgan fingerprint density at radius 1 is 0.600 bits per heavy atom. The summed E-state index contributed by atoms with van der Waals surface area (Å²) in [6.45, 7) is 10.8. The van der Waals surface area contributed by atoms with Gasteiger partial charge in [-0.25, -0.2) is 0 Å². The predicted molar refractivity (Wildman–Crippen MR) is 150 cm³/mol. The summed E-state index contributed by atoms with van der Waals surface area (Å²) in [7, 11) is 0. The molecule has 0 fully saturated rings. The van der Waals surface area contributed by atoms with Gasteiger partial charge < -0.3 is 12.4 Å². The smallest absolute Gasteiger partial charge is 1.00 e. The van der Waals surface area contributed by atoms with Crippen LogP contribution in [0.5, 0.6) is 11.5 Å². The van der Waals surface area contributed by atoms with Gasteiger partial charge in [0.15, 0.2) is 0 Å². The minimum Gasteiger partial charge on any atom is -1.00 e. The van der Waals surface area contributed by atoms with E-state index in [0.717, 1.165) is 15.0 Å². The van der Waals surface area contributed by atoms with Gasteiger partial charge in [0, 0.05) is 0 Å². The molecular weight excluding hydrogens is 562 g/mol. The van der Waals surface area contributed by atoms with E-state index < -0.39 is 18.6 Å². The van der Waals surface area contributed by atoms with Gasteiger partial charge in [-0.3, -0.25) is 0 Å². The Kier molecular flexibility index (Phi) is 9.04. The number of hydrogen-bond donors (Lipinski definition) is 0. The van der Waals surface area contributed by atoms with E-state index in [9.17, 15) is 8.78 Å². The van der Waals surface area contributed by atoms with Crippen molar-refractivity contribution in [1.82, 2.24) is 0 Å². The molecular formula is C34H31ClF2O2Ti. The van der Waals surface area contributed by atoms with Crippen molar-refractivity contribution in [3.63, 3.8) is 0 Å². The minimum atomic E-state index is -3.12. The molecule has 0 aromatic heterocycles. The second-order valence-electron chi connectivity index (χ2n) is 10.4. The average molecular weight is 593 g/mol. The van der Waals surface area contributed by atoms with Crippen molar-refractivity contribution in [3.8, 4) is 33.8 Å². The maximum absolute atomic E-state index is 14.5. The molecule has 0 saturated heterocycles. The van der Waals surface area contributed by atoms with Gasteiger partial charge in [0.1, 0.15) is 0 Å². The molecule has 204 valence electrons. The Balaban J connectivity index is 0.00000370. The first-order valence-electron chi connectivity index (χ1n) is 13.0. The number of hydrogen-bond acceptors (Lipinski definition) is 2. The standard InChI is InChI=1S/2C12H9FO.C10H15.ClH.Ti/c2*13-10-6-7-12(14)11(8-10)9-4-2-1-3-5-9;1-7-6-10(4,5)9(3)8(7)2;;/h2*1-8,14H;1-5H3;1H;/q;;;;+3/p-3. The molecule has 4 aromatic rings. The topological polar surface area (TPSA) is 18.5 Å². The van der Waals surface area contributed by atoms with Crippen LogP contribution in [0.15, 0.2) is 118 Å². The molecule has 0 spiro atoms. The van der Waals surface area contributed by atoms with Crippen LogP contribution in [0.1, 0.15) is 34.6 Å². The summed E-state index contributed by atoms with van der Waals surface area (Å²) in [5.74, 6) is 0.468. The van der Waals surface area contributed by atoms with Crippen LogP contribution in [-0.4, -0.2) is 0 Å². The van der Waals surface area contributed by atoms with E-state index in [-0.39, 0.29) is 29.5 Å². The van der Waals surface area contributed by atoms with Crippen molar-refractivity contribution < 1.29 is 46.5 Å². The molecule has 2 nitrogen and oxygen atoms in total. The quantitative estimate of drug-likeness (QED) is 0.218. The zero-order valence-corrected chi connectivity index (χ0v) is 25.5. The first-order chi connectivity index (χ1) is 18.7. The van der Waals surface area contributed by atoms with E-state index in [1.807, 2.05) is 60.7 Å². The van der Waals surface area contributed by atoms with Crippen LogP contribution in [0.3, 0.4) is 0 Å². The Labute approximate surface area is 248 Å². The zero-order valence-electron chi connectivity index (χ0n) is 23.2. The van der Waals surface area contributed by atoms with Crippen LogP contribution in [0, 0.1) is 17.0 Å². The first-order valence-corrected chi connectivity index (χ1v) is 15.0. The monoisotopic (exact) mass is 592 g/mol. The van der Waals surface area contributed by atoms with E-state index in [1.165, 1.54) is 41.0 Å². The summed E-state index contributed by atoms with van der Waals surface area (Å²) < 4.78 is 43.8. The Hall–Kier alpha value is -3.18. The molecule has 0 heterocycles. The summed E-state index contributed by atoms with van der Waals surface area (Å²) in [5, 5.41) is 0. The van der Waals surface area contributed by atoms with Crippen molar-refractivity contribution in [2.75, 3.05) is 0 Å². The molecule has 6 heteroatoms. The predicted octanol–water partition coefficient (Wildman–Crippen LogP) is 6.86. The molecule has 4 aromatic carbocycles. The summed E-state index contributed by atoms with van der Waals surface area (Å²) in [5.41, 5.74) is 6.46. The molecule has 0 aliphatic heterocycles. The van der Waals surface area contributed by atoms with E-state index in [2.05, 4.69) is 34.6 Å². The maximum atomic E-state index is 14.5. The van der Waals surface area contributed by atoms with Gasteiger partial charge >= 0.3 is 237 Å².